The second-order valence-corrected chi connectivity index (χ2v) is 4.75. The molecule has 1 N–H and O–H groups in total. The van der Waals surface area contributed by atoms with Gasteiger partial charge in [-0.15, -0.1) is 0 Å². The molecule has 1 aliphatic carbocycles. The highest BCUT2D eigenvalue weighted by Crippen LogP contribution is 2.33. The summed E-state index contributed by atoms with van der Waals surface area (Å²) in [4.78, 5) is 0. The van der Waals surface area contributed by atoms with Crippen molar-refractivity contribution in [1.29, 1.82) is 0 Å². The Morgan fingerprint density at radius 1 is 1.21 bits per heavy atom. The summed E-state index contributed by atoms with van der Waals surface area (Å²) in [5.41, 5.74) is 0. The molecule has 2 nitrogen and oxygen atoms in total. The SMILES string of the molecule is CCNC(C1CCCC1)C1CCOC1. The van der Waals surface area contributed by atoms with Crippen molar-refractivity contribution in [3.8, 4) is 0 Å². The van der Waals surface area contributed by atoms with Gasteiger partial charge in [-0.2, -0.15) is 0 Å². The molecule has 2 unspecified atom stereocenters. The van der Waals surface area contributed by atoms with Crippen LogP contribution in [0.5, 0.6) is 0 Å². The molecule has 0 bridgehead atoms. The van der Waals surface area contributed by atoms with Crippen LogP contribution in [-0.2, 0) is 4.74 Å². The zero-order valence-electron chi connectivity index (χ0n) is 9.30. The molecule has 2 rings (SSSR count). The first-order chi connectivity index (χ1) is 6.92. The molecular weight excluding hydrogens is 174 g/mol. The van der Waals surface area contributed by atoms with Gasteiger partial charge in [-0.3, -0.25) is 0 Å². The highest BCUT2D eigenvalue weighted by molar-refractivity contribution is 4.87. The molecule has 1 saturated carbocycles. The zero-order chi connectivity index (χ0) is 9.80. The van der Waals surface area contributed by atoms with Gasteiger partial charge in [0.05, 0.1) is 6.61 Å². The summed E-state index contributed by atoms with van der Waals surface area (Å²) >= 11 is 0. The Kier molecular flexibility index (Phi) is 3.82. The molecule has 1 aliphatic heterocycles. The first kappa shape index (κ1) is 10.4. The molecule has 2 heteroatoms. The fourth-order valence-corrected chi connectivity index (χ4v) is 3.11. The van der Waals surface area contributed by atoms with Gasteiger partial charge in [0, 0.05) is 18.6 Å². The van der Waals surface area contributed by atoms with Crippen LogP contribution in [0.3, 0.4) is 0 Å². The lowest BCUT2D eigenvalue weighted by atomic mass is 9.86. The van der Waals surface area contributed by atoms with Crippen LogP contribution in [-0.4, -0.2) is 25.8 Å². The lowest BCUT2D eigenvalue weighted by Gasteiger charge is -2.29. The Morgan fingerprint density at radius 2 is 2.00 bits per heavy atom. The van der Waals surface area contributed by atoms with Crippen LogP contribution in [0.15, 0.2) is 0 Å². The molecule has 2 aliphatic rings. The number of hydrogen-bond acceptors (Lipinski definition) is 2. The van der Waals surface area contributed by atoms with Gasteiger partial charge in [-0.25, -0.2) is 0 Å². The van der Waals surface area contributed by atoms with Gasteiger partial charge in [-0.05, 0) is 31.7 Å². The number of rotatable bonds is 4. The summed E-state index contributed by atoms with van der Waals surface area (Å²) in [6, 6.07) is 0.741. The first-order valence-electron chi connectivity index (χ1n) is 6.23. The standard InChI is InChI=1S/C12H23NO/c1-2-13-12(10-5-3-4-6-10)11-7-8-14-9-11/h10-13H,2-9H2,1H3. The largest absolute Gasteiger partial charge is 0.381 e. The molecule has 14 heavy (non-hydrogen) atoms. The molecular formula is C12H23NO. The van der Waals surface area contributed by atoms with Crippen molar-refractivity contribution in [3.05, 3.63) is 0 Å². The van der Waals surface area contributed by atoms with Gasteiger partial charge in [0.25, 0.3) is 0 Å². The van der Waals surface area contributed by atoms with Crippen LogP contribution in [0.1, 0.15) is 39.0 Å². The zero-order valence-corrected chi connectivity index (χ0v) is 9.30. The summed E-state index contributed by atoms with van der Waals surface area (Å²) in [6.07, 6.45) is 7.04. The van der Waals surface area contributed by atoms with E-state index in [1.54, 1.807) is 0 Å². The second kappa shape index (κ2) is 5.13. The summed E-state index contributed by atoms with van der Waals surface area (Å²) in [5, 5.41) is 3.69. The topological polar surface area (TPSA) is 21.3 Å². The molecule has 0 aromatic carbocycles. The molecule has 1 heterocycles. The summed E-state index contributed by atoms with van der Waals surface area (Å²) in [5.74, 6) is 1.72. The Balaban J connectivity index is 1.91. The summed E-state index contributed by atoms with van der Waals surface area (Å²) in [7, 11) is 0. The van der Waals surface area contributed by atoms with Crippen molar-refractivity contribution in [2.45, 2.75) is 45.1 Å². The van der Waals surface area contributed by atoms with Crippen LogP contribution in [0.2, 0.25) is 0 Å². The van der Waals surface area contributed by atoms with E-state index in [1.165, 1.54) is 32.1 Å². The van der Waals surface area contributed by atoms with E-state index in [9.17, 15) is 0 Å². The monoisotopic (exact) mass is 197 g/mol. The van der Waals surface area contributed by atoms with Gasteiger partial charge in [-0.1, -0.05) is 19.8 Å². The third-order valence-corrected chi connectivity index (χ3v) is 3.82. The maximum atomic E-state index is 5.50. The highest BCUT2D eigenvalue weighted by Gasteiger charge is 2.32. The maximum Gasteiger partial charge on any atom is 0.0510 e. The molecule has 2 fully saturated rings. The van der Waals surface area contributed by atoms with Crippen molar-refractivity contribution >= 4 is 0 Å². The van der Waals surface area contributed by atoms with Gasteiger partial charge in [0.15, 0.2) is 0 Å². The van der Waals surface area contributed by atoms with Crippen LogP contribution in [0.4, 0.5) is 0 Å². The molecule has 2 atom stereocenters. The average Bonchev–Trinajstić information content (AvgIpc) is 2.87. The number of ether oxygens (including phenoxy) is 1. The minimum atomic E-state index is 0.741. The van der Waals surface area contributed by atoms with E-state index < -0.39 is 0 Å². The molecule has 1 saturated heterocycles. The van der Waals surface area contributed by atoms with Crippen molar-refractivity contribution in [2.75, 3.05) is 19.8 Å². The van der Waals surface area contributed by atoms with E-state index in [2.05, 4.69) is 12.2 Å². The van der Waals surface area contributed by atoms with Crippen LogP contribution in [0, 0.1) is 11.8 Å². The van der Waals surface area contributed by atoms with Crippen molar-refractivity contribution in [1.82, 2.24) is 5.32 Å². The van der Waals surface area contributed by atoms with E-state index in [0.717, 1.165) is 37.6 Å². The molecule has 0 amide bonds. The Hall–Kier alpha value is -0.0800. The van der Waals surface area contributed by atoms with Crippen molar-refractivity contribution < 1.29 is 4.74 Å². The summed E-state index contributed by atoms with van der Waals surface area (Å²) in [6.45, 7) is 5.31. The fraction of sp³-hybridized carbons (Fsp3) is 1.00. The molecule has 0 spiro atoms. The van der Waals surface area contributed by atoms with E-state index in [-0.39, 0.29) is 0 Å². The van der Waals surface area contributed by atoms with Crippen molar-refractivity contribution in [2.24, 2.45) is 11.8 Å². The minimum absolute atomic E-state index is 0.741. The Labute approximate surface area is 87.4 Å². The summed E-state index contributed by atoms with van der Waals surface area (Å²) < 4.78 is 5.50. The minimum Gasteiger partial charge on any atom is -0.381 e. The first-order valence-corrected chi connectivity index (χ1v) is 6.23. The quantitative estimate of drug-likeness (QED) is 0.746. The molecule has 0 radical (unpaired) electrons. The van der Waals surface area contributed by atoms with Crippen LogP contribution < -0.4 is 5.32 Å². The lowest BCUT2D eigenvalue weighted by Crippen LogP contribution is -2.41. The van der Waals surface area contributed by atoms with Gasteiger partial charge < -0.3 is 10.1 Å². The lowest BCUT2D eigenvalue weighted by molar-refractivity contribution is 0.165. The highest BCUT2D eigenvalue weighted by atomic mass is 16.5. The predicted octanol–water partition coefficient (Wildman–Crippen LogP) is 2.19. The normalized spacial score (nSPS) is 31.1. The van der Waals surface area contributed by atoms with E-state index in [0.29, 0.717) is 0 Å². The second-order valence-electron chi connectivity index (χ2n) is 4.75. The Bertz CT molecular complexity index is 144. The average molecular weight is 197 g/mol. The van der Waals surface area contributed by atoms with E-state index >= 15 is 0 Å². The third-order valence-electron chi connectivity index (χ3n) is 3.82. The predicted molar refractivity (Wildman–Crippen MR) is 58.3 cm³/mol. The van der Waals surface area contributed by atoms with Crippen molar-refractivity contribution in [3.63, 3.8) is 0 Å². The van der Waals surface area contributed by atoms with E-state index in [1.807, 2.05) is 0 Å². The number of nitrogens with one attached hydrogen (secondary N) is 1. The molecule has 0 aromatic rings. The smallest absolute Gasteiger partial charge is 0.0510 e. The fourth-order valence-electron chi connectivity index (χ4n) is 3.11. The van der Waals surface area contributed by atoms with E-state index in [4.69, 9.17) is 4.74 Å². The van der Waals surface area contributed by atoms with Gasteiger partial charge in [0.2, 0.25) is 0 Å². The molecule has 0 aromatic heterocycles. The molecule has 82 valence electrons. The van der Waals surface area contributed by atoms with Gasteiger partial charge in [0.1, 0.15) is 0 Å². The maximum absolute atomic E-state index is 5.50. The Morgan fingerprint density at radius 3 is 2.57 bits per heavy atom. The van der Waals surface area contributed by atoms with Crippen LogP contribution in [0.25, 0.3) is 0 Å². The number of hydrogen-bond donors (Lipinski definition) is 1. The van der Waals surface area contributed by atoms with Crippen LogP contribution >= 0.6 is 0 Å². The van der Waals surface area contributed by atoms with Gasteiger partial charge >= 0.3 is 0 Å². The third kappa shape index (κ3) is 2.29.